The lowest BCUT2D eigenvalue weighted by atomic mass is 10.1. The van der Waals surface area contributed by atoms with Gasteiger partial charge in [0.05, 0.1) is 11.3 Å². The lowest BCUT2D eigenvalue weighted by Gasteiger charge is -2.07. The van der Waals surface area contributed by atoms with Crippen molar-refractivity contribution in [3.05, 3.63) is 34.8 Å². The Kier molecular flexibility index (Phi) is 3.75. The van der Waals surface area contributed by atoms with E-state index in [1.54, 1.807) is 12.3 Å². The summed E-state index contributed by atoms with van der Waals surface area (Å²) >= 11 is 1.25. The summed E-state index contributed by atoms with van der Waals surface area (Å²) in [6.45, 7) is 5.59. The molecular weight excluding hydrogens is 264 g/mol. The number of amidine groups is 1. The summed E-state index contributed by atoms with van der Waals surface area (Å²) in [5.41, 5.74) is 7.97. The summed E-state index contributed by atoms with van der Waals surface area (Å²) in [4.78, 5) is 8.51. The summed E-state index contributed by atoms with van der Waals surface area (Å²) in [7, 11) is 0. The zero-order valence-corrected chi connectivity index (χ0v) is 11.7. The van der Waals surface area contributed by atoms with Gasteiger partial charge in [0.25, 0.3) is 5.22 Å². The number of hydrogen-bond donors (Lipinski definition) is 2. The number of hydrogen-bond acceptors (Lipinski definition) is 6. The van der Waals surface area contributed by atoms with Gasteiger partial charge in [-0.3, -0.25) is 0 Å². The Morgan fingerprint density at radius 3 is 2.74 bits per heavy atom. The molecule has 0 aliphatic carbocycles. The number of rotatable bonds is 3. The first-order valence-electron chi connectivity index (χ1n) is 5.58. The van der Waals surface area contributed by atoms with Crippen LogP contribution < -0.4 is 5.73 Å². The third-order valence-electron chi connectivity index (χ3n) is 2.68. The van der Waals surface area contributed by atoms with Gasteiger partial charge in [-0.1, -0.05) is 5.16 Å². The van der Waals surface area contributed by atoms with Gasteiger partial charge in [-0.25, -0.2) is 9.97 Å². The molecule has 7 heteroatoms. The number of nitrogens with zero attached hydrogens (tertiary/aromatic N) is 3. The summed E-state index contributed by atoms with van der Waals surface area (Å²) in [6.07, 6.45) is 1.66. The molecule has 0 aromatic carbocycles. The van der Waals surface area contributed by atoms with Crippen LogP contribution >= 0.6 is 11.8 Å². The van der Waals surface area contributed by atoms with Crippen LogP contribution in [-0.2, 0) is 0 Å². The maximum absolute atomic E-state index is 8.84. The molecule has 0 saturated carbocycles. The van der Waals surface area contributed by atoms with Crippen molar-refractivity contribution in [3.8, 4) is 0 Å². The third-order valence-corrected chi connectivity index (χ3v) is 3.53. The van der Waals surface area contributed by atoms with Crippen LogP contribution in [0.3, 0.4) is 0 Å². The van der Waals surface area contributed by atoms with Crippen LogP contribution in [0.25, 0.3) is 0 Å². The maximum Gasteiger partial charge on any atom is 0.262 e. The fourth-order valence-corrected chi connectivity index (χ4v) is 2.54. The predicted molar refractivity (Wildman–Crippen MR) is 71.6 cm³/mol. The van der Waals surface area contributed by atoms with Gasteiger partial charge in [0.2, 0.25) is 0 Å². The zero-order valence-electron chi connectivity index (χ0n) is 10.8. The lowest BCUT2D eigenvalue weighted by Crippen LogP contribution is -2.16. The first kappa shape index (κ1) is 13.4. The summed E-state index contributed by atoms with van der Waals surface area (Å²) in [6, 6.07) is 1.80. The molecule has 0 aliphatic heterocycles. The van der Waals surface area contributed by atoms with E-state index in [2.05, 4.69) is 15.1 Å². The second kappa shape index (κ2) is 5.31. The zero-order chi connectivity index (χ0) is 14.0. The van der Waals surface area contributed by atoms with Crippen LogP contribution in [0.2, 0.25) is 0 Å². The van der Waals surface area contributed by atoms with Gasteiger partial charge in [-0.2, -0.15) is 0 Å². The number of aromatic nitrogens is 2. The summed E-state index contributed by atoms with van der Waals surface area (Å²) < 4.78 is 5.50. The van der Waals surface area contributed by atoms with Crippen molar-refractivity contribution in [1.82, 2.24) is 9.97 Å². The van der Waals surface area contributed by atoms with Gasteiger partial charge < -0.3 is 15.4 Å². The number of pyridine rings is 1. The van der Waals surface area contributed by atoms with Gasteiger partial charge in [0, 0.05) is 6.20 Å². The number of aryl methyl sites for hydroxylation is 3. The van der Waals surface area contributed by atoms with Crippen LogP contribution in [0.1, 0.15) is 22.6 Å². The topological polar surface area (TPSA) is 97.5 Å². The van der Waals surface area contributed by atoms with E-state index in [1.165, 1.54) is 11.8 Å². The Bertz CT molecular complexity index is 617. The van der Waals surface area contributed by atoms with E-state index in [1.807, 2.05) is 20.8 Å². The van der Waals surface area contributed by atoms with E-state index < -0.39 is 0 Å². The van der Waals surface area contributed by atoms with Crippen LogP contribution in [0.5, 0.6) is 0 Å². The van der Waals surface area contributed by atoms with E-state index in [9.17, 15) is 0 Å². The van der Waals surface area contributed by atoms with Crippen LogP contribution in [0.4, 0.5) is 0 Å². The molecule has 0 bridgehead atoms. The molecule has 0 unspecified atom stereocenters. The molecule has 6 nitrogen and oxygen atoms in total. The highest BCUT2D eigenvalue weighted by Gasteiger charge is 2.16. The molecule has 100 valence electrons. The Morgan fingerprint density at radius 2 is 2.16 bits per heavy atom. The van der Waals surface area contributed by atoms with E-state index in [4.69, 9.17) is 15.4 Å². The normalized spacial score (nSPS) is 11.8. The van der Waals surface area contributed by atoms with Gasteiger partial charge in [-0.15, -0.1) is 0 Å². The first-order valence-corrected chi connectivity index (χ1v) is 6.40. The summed E-state index contributed by atoms with van der Waals surface area (Å²) in [5.74, 6) is 0.786. The average molecular weight is 278 g/mol. The molecule has 19 heavy (non-hydrogen) atoms. The third kappa shape index (κ3) is 2.70. The molecule has 0 saturated heterocycles. The fraction of sp³-hybridized carbons (Fsp3) is 0.250. The van der Waals surface area contributed by atoms with Gasteiger partial charge in [0.15, 0.2) is 5.84 Å². The molecule has 0 radical (unpaired) electrons. The van der Waals surface area contributed by atoms with Crippen molar-refractivity contribution >= 4 is 17.6 Å². The quantitative estimate of drug-likeness (QED) is 0.387. The lowest BCUT2D eigenvalue weighted by molar-refractivity contribution is 0.318. The van der Waals surface area contributed by atoms with E-state index in [0.29, 0.717) is 15.8 Å². The fourth-order valence-electron chi connectivity index (χ4n) is 1.54. The maximum atomic E-state index is 8.84. The minimum Gasteiger partial charge on any atom is -0.436 e. The molecule has 0 spiro atoms. The molecule has 2 rings (SSSR count). The molecule has 0 atom stereocenters. The standard InChI is InChI=1S/C12H14N4O2S/c1-6-4-5-14-11(9(6)10(13)16-17)19-12-15-7(2)8(3)18-12/h4-5,17H,1-3H3,(H2,13,16). The van der Waals surface area contributed by atoms with Crippen molar-refractivity contribution in [2.75, 3.05) is 0 Å². The largest absolute Gasteiger partial charge is 0.436 e. The number of oxazole rings is 1. The highest BCUT2D eigenvalue weighted by atomic mass is 32.2. The molecule has 2 aromatic rings. The van der Waals surface area contributed by atoms with E-state index in [0.717, 1.165) is 17.0 Å². The van der Waals surface area contributed by atoms with Crippen molar-refractivity contribution in [3.63, 3.8) is 0 Å². The Balaban J connectivity index is 2.43. The second-order valence-electron chi connectivity index (χ2n) is 4.02. The van der Waals surface area contributed by atoms with Gasteiger partial charge >= 0.3 is 0 Å². The molecule has 2 heterocycles. The monoisotopic (exact) mass is 278 g/mol. The van der Waals surface area contributed by atoms with Crippen LogP contribution in [-0.4, -0.2) is 21.0 Å². The van der Waals surface area contributed by atoms with E-state index in [-0.39, 0.29) is 5.84 Å². The van der Waals surface area contributed by atoms with E-state index >= 15 is 0 Å². The first-order chi connectivity index (χ1) is 9.02. The Labute approximate surface area is 114 Å². The minimum atomic E-state index is 0.0214. The van der Waals surface area contributed by atoms with Crippen molar-refractivity contribution < 1.29 is 9.62 Å². The molecule has 0 fully saturated rings. The number of oxime groups is 1. The van der Waals surface area contributed by atoms with Gasteiger partial charge in [-0.05, 0) is 44.2 Å². The average Bonchev–Trinajstić information content (AvgIpc) is 2.67. The van der Waals surface area contributed by atoms with Crippen molar-refractivity contribution in [2.45, 2.75) is 31.0 Å². The minimum absolute atomic E-state index is 0.0214. The van der Waals surface area contributed by atoms with Gasteiger partial charge in [0.1, 0.15) is 10.8 Å². The molecule has 2 aromatic heterocycles. The van der Waals surface area contributed by atoms with Crippen LogP contribution in [0, 0.1) is 20.8 Å². The Hall–Kier alpha value is -2.02. The summed E-state index contributed by atoms with van der Waals surface area (Å²) in [5, 5.41) is 13.0. The molecular formula is C12H14N4O2S. The molecule has 3 N–H and O–H groups in total. The highest BCUT2D eigenvalue weighted by Crippen LogP contribution is 2.30. The predicted octanol–water partition coefficient (Wildman–Crippen LogP) is 2.24. The SMILES string of the molecule is Cc1ccnc(Sc2nc(C)c(C)o2)c1/C(N)=N/O. The van der Waals surface area contributed by atoms with Crippen LogP contribution in [0.15, 0.2) is 32.1 Å². The van der Waals surface area contributed by atoms with Crippen molar-refractivity contribution in [1.29, 1.82) is 0 Å². The van der Waals surface area contributed by atoms with Crippen molar-refractivity contribution in [2.24, 2.45) is 10.9 Å². The highest BCUT2D eigenvalue weighted by molar-refractivity contribution is 7.99. The second-order valence-corrected chi connectivity index (χ2v) is 4.96. The Morgan fingerprint density at radius 1 is 1.42 bits per heavy atom. The molecule has 0 aliphatic rings. The smallest absolute Gasteiger partial charge is 0.262 e. The number of nitrogens with two attached hydrogens (primary N) is 1. The molecule has 0 amide bonds.